The van der Waals surface area contributed by atoms with E-state index in [0.717, 1.165) is 188 Å². The monoisotopic (exact) mass is 1980 g/mol. The van der Waals surface area contributed by atoms with Crippen LogP contribution in [0.2, 0.25) is 30.1 Å². The van der Waals surface area contributed by atoms with Crippen LogP contribution < -0.4 is 40.9 Å². The summed E-state index contributed by atoms with van der Waals surface area (Å²) in [5.74, 6) is -0.183. The molecule has 4 aromatic heterocycles. The van der Waals surface area contributed by atoms with E-state index in [4.69, 9.17) is 69.6 Å². The lowest BCUT2D eigenvalue weighted by molar-refractivity contribution is -0.139. The van der Waals surface area contributed by atoms with Gasteiger partial charge in [-0.25, -0.2) is 8.78 Å². The van der Waals surface area contributed by atoms with Crippen LogP contribution in [0.4, 0.5) is 31.5 Å². The Labute approximate surface area is 825 Å². The van der Waals surface area contributed by atoms with Crippen LogP contribution in [0.15, 0.2) is 164 Å². The molecule has 8 aliphatic rings. The SMILES string of the molecule is CC(c1ccc(Cl)cc1Cl)n1nc(C#N)c2ccc(N3CCN(C(=O)C4CCCCN4)[C@H](CO)C3)cc21.CC(c1ccc(Cl)cc1Cl)n1ncc2ccc(N3CCN(C(=O)[C@H]4CCN4)[C@H](CO)C3)cc21.CC(c1ccc(Cl)cc1F)n1ncc2ccc(N3CCN(C(=O)C4CCCCN4)[C@H](CO)C3)cc21.CC(c1ccc(Cl)cc1F)n1ncc2ccc(N3CCN(C(=O)[C@H]4CCCN4)CC3)cc21. The lowest BCUT2D eigenvalue weighted by atomic mass is 10.0. The minimum absolute atomic E-state index is 0.0120. The second kappa shape index (κ2) is 43.9. The Kier molecular flexibility index (Phi) is 31.5. The largest absolute Gasteiger partial charge is 0.394 e. The summed E-state index contributed by atoms with van der Waals surface area (Å²) in [5, 5.41) is 78.2. The zero-order valence-electron chi connectivity index (χ0n) is 77.0. The van der Waals surface area contributed by atoms with Crippen LogP contribution in [0, 0.1) is 23.0 Å². The van der Waals surface area contributed by atoms with Gasteiger partial charge in [0.1, 0.15) is 17.7 Å². The maximum Gasteiger partial charge on any atom is 0.240 e. The standard InChI is InChI=1S/C27H30Cl2N6O2.C26H31ClFN5O2.C24H27Cl2N5O2.C24H27ClFN5O/c1-17(21-7-5-18(28)12-23(21)29)35-26-13-19(6-8-22(26)25(14-30)32-35)33-10-11-34(20(15-33)16-36)27(37)24-4-2-3-9-31-24;1-17(22-8-6-19(27)12-23(22)28)33-25-13-20(7-5-18(25)14-30-33)31-10-11-32(21(15-31)16-34)26(35)24-4-2-3-9-29-24;1-15(20-5-3-17(25)10-21(20)26)31-23-11-18(4-2-16(23)12-28-31)29-8-9-30(19(13-29)14-32)24(33)22-6-7-27-22;1-16(20-7-5-18(25)13-21(20)26)31-23-14-19(6-4-17(23)15-28-31)29-9-11-30(12-10-29)24(32)22-3-2-8-27-22/h5-8,12-13,17,20,24,31,36H,2-4,9-11,15-16H2,1H3;5-8,12-14,17,21,24,29,34H,2-4,9-11,15-16H2,1H3;2-5,10-12,15,19,22,27,32H,6-9,13-14H2,1H3;4-7,13-16,22,27H,2-3,8-12H2,1H3/t17?,20-,24?;17?,21-,24?;15?,19-,22+;16?,22-/m0001/s1. The van der Waals surface area contributed by atoms with E-state index in [1.807, 2.05) is 120 Å². The average molecular weight is 1990 g/mol. The zero-order chi connectivity index (χ0) is 96.0. The highest BCUT2D eigenvalue weighted by molar-refractivity contribution is 6.36. The Morgan fingerprint density at radius 3 is 1.09 bits per heavy atom. The molecule has 0 bridgehead atoms. The van der Waals surface area contributed by atoms with Crippen molar-refractivity contribution in [2.75, 3.05) is 151 Å². The molecule has 6 unspecified atom stereocenters. The van der Waals surface area contributed by atoms with E-state index in [-0.39, 0.29) is 122 Å². The van der Waals surface area contributed by atoms with Gasteiger partial charge in [-0.05, 0) is 231 Å². The molecule has 0 spiro atoms. The number of aliphatic hydroxyl groups excluding tert-OH is 3. The molecule has 4 amide bonds. The van der Waals surface area contributed by atoms with E-state index in [9.17, 15) is 48.5 Å². The molecule has 137 heavy (non-hydrogen) atoms. The topological polar surface area (TPSA) is 298 Å². The molecule has 36 heteroatoms. The van der Waals surface area contributed by atoms with Gasteiger partial charge >= 0.3 is 0 Å². The summed E-state index contributed by atoms with van der Waals surface area (Å²) in [4.78, 5) is 68.1. The van der Waals surface area contributed by atoms with Crippen molar-refractivity contribution in [1.82, 2.24) is 80.0 Å². The molecule has 8 fully saturated rings. The van der Waals surface area contributed by atoms with Crippen LogP contribution in [0.1, 0.15) is 138 Å². The molecule has 0 radical (unpaired) electrons. The second-order valence-corrected chi connectivity index (χ2v) is 39.2. The summed E-state index contributed by atoms with van der Waals surface area (Å²) in [6.45, 7) is 19.6. The molecule has 12 heterocycles. The molecule has 7 N–H and O–H groups in total. The zero-order valence-corrected chi connectivity index (χ0v) is 81.6. The number of piperazine rings is 4. The van der Waals surface area contributed by atoms with Gasteiger partial charge in [0.05, 0.1) is 127 Å². The summed E-state index contributed by atoms with van der Waals surface area (Å²) < 4.78 is 36.6. The minimum Gasteiger partial charge on any atom is -0.394 e. The molecule has 8 aliphatic heterocycles. The van der Waals surface area contributed by atoms with E-state index in [1.165, 1.54) is 12.1 Å². The van der Waals surface area contributed by atoms with Crippen molar-refractivity contribution in [1.29, 1.82) is 5.26 Å². The van der Waals surface area contributed by atoms with Gasteiger partial charge in [0.2, 0.25) is 23.6 Å². The molecule has 8 saturated heterocycles. The first-order chi connectivity index (χ1) is 66.3. The number of carbonyl (C=O) groups is 4. The number of piperidine rings is 2. The maximum absolute atomic E-state index is 14.6. The fourth-order valence-corrected chi connectivity index (χ4v) is 21.8. The molecular weight excluding hydrogens is 1870 g/mol. The van der Waals surface area contributed by atoms with Crippen molar-refractivity contribution in [2.45, 2.75) is 152 Å². The van der Waals surface area contributed by atoms with Gasteiger partial charge in [0.25, 0.3) is 0 Å². The Bertz CT molecular complexity index is 6390. The van der Waals surface area contributed by atoms with Crippen molar-refractivity contribution in [3.05, 3.63) is 234 Å². The van der Waals surface area contributed by atoms with Gasteiger partial charge < -0.3 is 75.8 Å². The van der Waals surface area contributed by atoms with E-state index < -0.39 is 0 Å². The molecule has 722 valence electrons. The number of hydrogen-bond acceptors (Lipinski definition) is 20. The summed E-state index contributed by atoms with van der Waals surface area (Å²) in [6.07, 6.45) is 14.3. The van der Waals surface area contributed by atoms with Crippen LogP contribution in [-0.4, -0.2) is 271 Å². The number of fused-ring (bicyclic) bond motifs is 4. The molecule has 12 aromatic rings. The Balaban J connectivity index is 0.000000127. The van der Waals surface area contributed by atoms with Crippen molar-refractivity contribution >= 4 is 160 Å². The summed E-state index contributed by atoms with van der Waals surface area (Å²) in [5.41, 5.74) is 11.0. The van der Waals surface area contributed by atoms with Crippen LogP contribution >= 0.6 is 69.6 Å². The minimum atomic E-state index is -0.358. The number of nitrogens with one attached hydrogen (secondary N) is 4. The highest BCUT2D eigenvalue weighted by Gasteiger charge is 2.40. The van der Waals surface area contributed by atoms with E-state index in [1.54, 1.807) is 48.7 Å². The summed E-state index contributed by atoms with van der Waals surface area (Å²) in [7, 11) is 0. The summed E-state index contributed by atoms with van der Waals surface area (Å²) in [6, 6.07) is 45.0. The number of hydrogen-bond donors (Lipinski definition) is 7. The molecule has 28 nitrogen and oxygen atoms in total. The van der Waals surface area contributed by atoms with E-state index in [2.05, 4.69) is 117 Å². The van der Waals surface area contributed by atoms with Gasteiger partial charge in [0, 0.05) is 171 Å². The van der Waals surface area contributed by atoms with Crippen LogP contribution in [0.3, 0.4) is 0 Å². The lowest BCUT2D eigenvalue weighted by Crippen LogP contribution is -2.63. The average Bonchev–Trinajstić information content (AvgIpc) is 1.63. The Morgan fingerprint density at radius 2 is 0.723 bits per heavy atom. The number of amides is 4. The molecular formula is C101H115Cl6F2N21O7. The number of halogens is 8. The smallest absolute Gasteiger partial charge is 0.240 e. The number of nitriles is 1. The third kappa shape index (κ3) is 21.5. The first-order valence-corrected chi connectivity index (χ1v) is 49.7. The van der Waals surface area contributed by atoms with E-state index >= 15 is 0 Å². The van der Waals surface area contributed by atoms with Crippen LogP contribution in [-0.2, 0) is 19.2 Å². The molecule has 8 aromatic carbocycles. The first-order valence-electron chi connectivity index (χ1n) is 47.4. The number of aliphatic hydroxyl groups is 3. The summed E-state index contributed by atoms with van der Waals surface area (Å²) >= 11 is 37.0. The fraction of sp³-hybridized carbons (Fsp3) is 0.436. The lowest BCUT2D eigenvalue weighted by Gasteiger charge is -2.44. The number of anilines is 4. The highest BCUT2D eigenvalue weighted by Crippen LogP contribution is 2.39. The first kappa shape index (κ1) is 98.1. The number of rotatable bonds is 19. The quantitative estimate of drug-likeness (QED) is 0.0396. The van der Waals surface area contributed by atoms with Crippen molar-refractivity contribution in [3.8, 4) is 6.07 Å². The Hall–Kier alpha value is -10.5. The number of aromatic nitrogens is 8. The molecule has 11 atom stereocenters. The normalized spacial score (nSPS) is 21.3. The number of carbonyl (C=O) groups excluding carboxylic acids is 4. The maximum atomic E-state index is 14.6. The van der Waals surface area contributed by atoms with Crippen LogP contribution in [0.5, 0.6) is 0 Å². The van der Waals surface area contributed by atoms with Crippen molar-refractivity contribution in [2.24, 2.45) is 0 Å². The van der Waals surface area contributed by atoms with Crippen LogP contribution in [0.25, 0.3) is 43.6 Å². The van der Waals surface area contributed by atoms with Gasteiger partial charge in [-0.2, -0.15) is 25.7 Å². The Morgan fingerprint density at radius 1 is 0.387 bits per heavy atom. The predicted octanol–water partition coefficient (Wildman–Crippen LogP) is 14.7. The van der Waals surface area contributed by atoms with Gasteiger partial charge in [-0.15, -0.1) is 0 Å². The van der Waals surface area contributed by atoms with Gasteiger partial charge in [-0.3, -0.25) is 37.9 Å². The van der Waals surface area contributed by atoms with Crippen molar-refractivity contribution < 1.29 is 43.3 Å². The van der Waals surface area contributed by atoms with Crippen molar-refractivity contribution in [3.63, 3.8) is 0 Å². The molecule has 20 rings (SSSR count). The van der Waals surface area contributed by atoms with Gasteiger partial charge in [-0.1, -0.05) is 107 Å². The molecule has 0 aliphatic carbocycles. The number of nitrogens with zero attached hydrogens (tertiary/aromatic N) is 17. The third-order valence-corrected chi connectivity index (χ3v) is 29.9. The van der Waals surface area contributed by atoms with Gasteiger partial charge in [0.15, 0.2) is 5.69 Å². The third-order valence-electron chi connectivity index (χ3n) is 28.3. The molecule has 0 saturated carbocycles. The second-order valence-electron chi connectivity index (χ2n) is 36.7. The fourth-order valence-electron chi connectivity index (χ4n) is 20.3. The highest BCUT2D eigenvalue weighted by atomic mass is 35.5. The number of benzene rings is 8. The predicted molar refractivity (Wildman–Crippen MR) is 537 cm³/mol. The van der Waals surface area contributed by atoms with E-state index in [0.29, 0.717) is 106 Å².